The molecule has 4 aliphatic carbocycles. The number of carbonyl (C=O) groups is 4. The number of fused-ring (bicyclic) bond motifs is 5. The Kier molecular flexibility index (Phi) is 7.71. The van der Waals surface area contributed by atoms with Gasteiger partial charge in [-0.15, -0.1) is 0 Å². The van der Waals surface area contributed by atoms with Crippen molar-refractivity contribution in [3.63, 3.8) is 0 Å². The van der Waals surface area contributed by atoms with E-state index in [1.54, 1.807) is 24.3 Å². The van der Waals surface area contributed by atoms with Gasteiger partial charge in [0.05, 0.1) is 13.5 Å². The van der Waals surface area contributed by atoms with E-state index >= 15 is 0 Å². The molecule has 0 aliphatic heterocycles. The average Bonchev–Trinajstić information content (AvgIpc) is 3.26. The molecule has 210 valence electrons. The third-order valence-electron chi connectivity index (χ3n) is 10.6. The topological polar surface area (TPSA) is 98.8 Å². The van der Waals surface area contributed by atoms with Crippen LogP contribution >= 0.6 is 0 Å². The van der Waals surface area contributed by atoms with Crippen LogP contribution in [-0.2, 0) is 28.7 Å². The Morgan fingerprint density at radius 2 is 1.74 bits per heavy atom. The van der Waals surface area contributed by atoms with Crippen molar-refractivity contribution in [1.29, 1.82) is 0 Å². The average molecular weight is 536 g/mol. The highest BCUT2D eigenvalue weighted by Gasteiger charge is 2.60. The fraction of sp³-hybridized carbons (Fsp3) is 0.625. The maximum Gasteiger partial charge on any atom is 0.333 e. The molecule has 1 N–H and O–H groups in total. The Bertz CT molecular complexity index is 1160. The van der Waals surface area contributed by atoms with Crippen molar-refractivity contribution in [1.82, 2.24) is 5.32 Å². The monoisotopic (exact) mass is 535 g/mol. The van der Waals surface area contributed by atoms with Gasteiger partial charge in [0.25, 0.3) is 0 Å². The Morgan fingerprint density at radius 3 is 2.49 bits per heavy atom. The molecule has 4 aliphatic rings. The summed E-state index contributed by atoms with van der Waals surface area (Å²) in [6, 6.07) is 7.99. The molecule has 7 nitrogen and oxygen atoms in total. The standard InChI is InChI=1S/C32H41NO6/c1-31-17-15-22(34)19-21(31)9-10-23-24-11-12-26(32(24,2)18-16-25(23)31)39-28(36)14-13-27(35)33-29(30(37)38-3)20-7-5-4-6-8-20/h4-8,19,23-26,29H,9-18H2,1-3H3,(H,33,35). The lowest BCUT2D eigenvalue weighted by molar-refractivity contribution is -0.160. The first-order valence-electron chi connectivity index (χ1n) is 14.5. The molecule has 7 unspecified atom stereocenters. The van der Waals surface area contributed by atoms with Gasteiger partial charge in [0.1, 0.15) is 6.10 Å². The van der Waals surface area contributed by atoms with E-state index in [0.717, 1.165) is 44.9 Å². The van der Waals surface area contributed by atoms with E-state index in [2.05, 4.69) is 19.2 Å². The van der Waals surface area contributed by atoms with E-state index in [-0.39, 0.29) is 41.5 Å². The van der Waals surface area contributed by atoms with Crippen molar-refractivity contribution < 1.29 is 28.7 Å². The van der Waals surface area contributed by atoms with Crippen LogP contribution in [-0.4, -0.2) is 36.8 Å². The highest BCUT2D eigenvalue weighted by Crippen LogP contribution is 2.65. The van der Waals surface area contributed by atoms with Gasteiger partial charge >= 0.3 is 11.9 Å². The fourth-order valence-electron chi connectivity index (χ4n) is 8.41. The zero-order valence-corrected chi connectivity index (χ0v) is 23.4. The van der Waals surface area contributed by atoms with Gasteiger partial charge < -0.3 is 14.8 Å². The van der Waals surface area contributed by atoms with Crippen LogP contribution < -0.4 is 5.32 Å². The van der Waals surface area contributed by atoms with E-state index in [1.807, 2.05) is 12.1 Å². The number of esters is 2. The Balaban J connectivity index is 1.17. The van der Waals surface area contributed by atoms with Gasteiger partial charge in [-0.3, -0.25) is 14.4 Å². The van der Waals surface area contributed by atoms with Crippen LogP contribution in [0.15, 0.2) is 42.0 Å². The minimum Gasteiger partial charge on any atom is -0.467 e. The number of allylic oxidation sites excluding steroid dienone is 1. The summed E-state index contributed by atoms with van der Waals surface area (Å²) in [7, 11) is 1.28. The van der Waals surface area contributed by atoms with Gasteiger partial charge in [-0.2, -0.15) is 0 Å². The first kappa shape index (κ1) is 27.6. The largest absolute Gasteiger partial charge is 0.467 e. The minimum absolute atomic E-state index is 0.0297. The number of nitrogens with one attached hydrogen (secondary N) is 1. The quantitative estimate of drug-likeness (QED) is 0.480. The van der Waals surface area contributed by atoms with Crippen LogP contribution in [0.1, 0.15) is 89.7 Å². The summed E-state index contributed by atoms with van der Waals surface area (Å²) in [4.78, 5) is 49.9. The van der Waals surface area contributed by atoms with Crippen molar-refractivity contribution >= 4 is 23.6 Å². The molecule has 3 saturated carbocycles. The van der Waals surface area contributed by atoms with Crippen molar-refractivity contribution in [3.05, 3.63) is 47.5 Å². The van der Waals surface area contributed by atoms with Crippen LogP contribution in [0.25, 0.3) is 0 Å². The lowest BCUT2D eigenvalue weighted by Gasteiger charge is -2.57. The molecule has 0 saturated heterocycles. The first-order chi connectivity index (χ1) is 18.7. The number of benzene rings is 1. The molecule has 7 atom stereocenters. The maximum absolute atomic E-state index is 12.9. The molecular weight excluding hydrogens is 494 g/mol. The van der Waals surface area contributed by atoms with Gasteiger partial charge in [-0.05, 0) is 79.8 Å². The zero-order valence-electron chi connectivity index (χ0n) is 23.4. The fourth-order valence-corrected chi connectivity index (χ4v) is 8.41. The van der Waals surface area contributed by atoms with Gasteiger partial charge in [-0.25, -0.2) is 4.79 Å². The van der Waals surface area contributed by atoms with Gasteiger partial charge in [0.2, 0.25) is 5.91 Å². The second-order valence-electron chi connectivity index (χ2n) is 12.5. The van der Waals surface area contributed by atoms with Crippen LogP contribution in [0.3, 0.4) is 0 Å². The smallest absolute Gasteiger partial charge is 0.333 e. The Labute approximate surface area is 231 Å². The van der Waals surface area contributed by atoms with E-state index in [4.69, 9.17) is 9.47 Å². The molecule has 3 fully saturated rings. The summed E-state index contributed by atoms with van der Waals surface area (Å²) in [6.45, 7) is 4.68. The molecule has 0 heterocycles. The van der Waals surface area contributed by atoms with Gasteiger partial charge in [0.15, 0.2) is 11.8 Å². The second kappa shape index (κ2) is 10.9. The van der Waals surface area contributed by atoms with E-state index in [9.17, 15) is 19.2 Å². The summed E-state index contributed by atoms with van der Waals surface area (Å²) in [6.07, 6.45) is 9.50. The van der Waals surface area contributed by atoms with E-state index in [0.29, 0.717) is 29.7 Å². The predicted octanol–water partition coefficient (Wildman–Crippen LogP) is 5.24. The molecule has 5 rings (SSSR count). The highest BCUT2D eigenvalue weighted by molar-refractivity contribution is 5.91. The Morgan fingerprint density at radius 1 is 0.974 bits per heavy atom. The number of carbonyl (C=O) groups excluding carboxylic acids is 4. The van der Waals surface area contributed by atoms with E-state index in [1.165, 1.54) is 12.7 Å². The first-order valence-corrected chi connectivity index (χ1v) is 14.5. The van der Waals surface area contributed by atoms with Crippen molar-refractivity contribution in [2.24, 2.45) is 28.6 Å². The summed E-state index contributed by atoms with van der Waals surface area (Å²) < 4.78 is 10.9. The SMILES string of the molecule is COC(=O)C(NC(=O)CCC(=O)OC1CCC2C3CCC4=CC(=O)CCC4(C)C3CCC12C)c1ccccc1. The molecule has 0 radical (unpaired) electrons. The Hall–Kier alpha value is -2.96. The number of ether oxygens (including phenoxy) is 2. The van der Waals surface area contributed by atoms with Crippen molar-refractivity contribution in [2.45, 2.75) is 90.2 Å². The third kappa shape index (κ3) is 5.17. The lowest BCUT2D eigenvalue weighted by Crippen LogP contribution is -2.51. The maximum atomic E-state index is 12.9. The number of hydrogen-bond donors (Lipinski definition) is 1. The molecule has 0 spiro atoms. The summed E-state index contributed by atoms with van der Waals surface area (Å²) in [5.74, 6) is 0.671. The number of amides is 1. The van der Waals surface area contributed by atoms with E-state index < -0.39 is 17.9 Å². The van der Waals surface area contributed by atoms with Crippen molar-refractivity contribution in [3.8, 4) is 0 Å². The summed E-state index contributed by atoms with van der Waals surface area (Å²) in [5, 5.41) is 2.70. The molecule has 39 heavy (non-hydrogen) atoms. The minimum atomic E-state index is -0.917. The van der Waals surface area contributed by atoms with Crippen LogP contribution in [0.2, 0.25) is 0 Å². The summed E-state index contributed by atoms with van der Waals surface area (Å²) in [5.41, 5.74) is 2.07. The lowest BCUT2D eigenvalue weighted by atomic mass is 9.47. The molecule has 7 heteroatoms. The summed E-state index contributed by atoms with van der Waals surface area (Å²) >= 11 is 0. The molecule has 1 amide bonds. The molecular formula is C32H41NO6. The van der Waals surface area contributed by atoms with Crippen LogP contribution in [0, 0.1) is 28.6 Å². The third-order valence-corrected chi connectivity index (χ3v) is 10.6. The zero-order chi connectivity index (χ0) is 27.8. The second-order valence-corrected chi connectivity index (χ2v) is 12.5. The number of methoxy groups -OCH3 is 1. The number of rotatable bonds is 7. The van der Waals surface area contributed by atoms with Gasteiger partial charge in [-0.1, -0.05) is 49.8 Å². The molecule has 1 aromatic carbocycles. The van der Waals surface area contributed by atoms with Gasteiger partial charge in [0, 0.05) is 18.3 Å². The molecule has 0 bridgehead atoms. The van der Waals surface area contributed by atoms with Crippen LogP contribution in [0.5, 0.6) is 0 Å². The number of hydrogen-bond acceptors (Lipinski definition) is 6. The van der Waals surface area contributed by atoms with Crippen LogP contribution in [0.4, 0.5) is 0 Å². The normalized spacial score (nSPS) is 34.0. The molecule has 0 aromatic heterocycles. The number of ketones is 1. The predicted molar refractivity (Wildman–Crippen MR) is 145 cm³/mol. The highest BCUT2D eigenvalue weighted by atomic mass is 16.5. The van der Waals surface area contributed by atoms with Crippen molar-refractivity contribution in [2.75, 3.05) is 7.11 Å². The molecule has 1 aromatic rings.